The molecule has 1 aliphatic rings. The molecule has 1 aliphatic heterocycles. The molecular formula is C22H19NO2. The quantitative estimate of drug-likeness (QED) is 0.694. The second-order valence-corrected chi connectivity index (χ2v) is 6.72. The molecule has 1 N–H and O–H groups in total. The Morgan fingerprint density at radius 3 is 2.56 bits per heavy atom. The highest BCUT2D eigenvalue weighted by atomic mass is 16.5. The minimum atomic E-state index is -0.338. The Morgan fingerprint density at radius 2 is 1.76 bits per heavy atom. The van der Waals surface area contributed by atoms with Crippen LogP contribution in [-0.2, 0) is 0 Å². The number of aromatic hydroxyl groups is 1. The molecule has 2 heterocycles. The Balaban J connectivity index is 1.85. The van der Waals surface area contributed by atoms with Crippen molar-refractivity contribution in [1.82, 2.24) is 4.98 Å². The molecule has 3 nitrogen and oxygen atoms in total. The molecule has 124 valence electrons. The van der Waals surface area contributed by atoms with Crippen molar-refractivity contribution in [3.63, 3.8) is 0 Å². The lowest BCUT2D eigenvalue weighted by Crippen LogP contribution is -2.28. The highest BCUT2D eigenvalue weighted by molar-refractivity contribution is 5.93. The second kappa shape index (κ2) is 5.78. The van der Waals surface area contributed by atoms with E-state index in [9.17, 15) is 5.11 Å². The zero-order chi connectivity index (χ0) is 17.4. The molecule has 0 spiro atoms. The van der Waals surface area contributed by atoms with Crippen molar-refractivity contribution in [1.29, 1.82) is 0 Å². The van der Waals surface area contributed by atoms with E-state index in [1.807, 2.05) is 62.4 Å². The molecule has 0 saturated heterocycles. The van der Waals surface area contributed by atoms with Crippen LogP contribution in [0.5, 0.6) is 11.5 Å². The van der Waals surface area contributed by atoms with Crippen LogP contribution < -0.4 is 4.74 Å². The lowest BCUT2D eigenvalue weighted by molar-refractivity contribution is 0.161. The number of fused-ring (bicyclic) bond motifs is 3. The van der Waals surface area contributed by atoms with Gasteiger partial charge in [0.15, 0.2) is 0 Å². The zero-order valence-corrected chi connectivity index (χ0v) is 14.2. The minimum absolute atomic E-state index is 0.261. The summed E-state index contributed by atoms with van der Waals surface area (Å²) in [5.74, 6) is 1.14. The number of rotatable bonds is 2. The fourth-order valence-corrected chi connectivity index (χ4v) is 2.95. The molecule has 0 atom stereocenters. The van der Waals surface area contributed by atoms with E-state index in [2.05, 4.69) is 12.2 Å². The number of para-hydroxylation sites is 1. The average Bonchev–Trinajstić information content (AvgIpc) is 2.60. The monoisotopic (exact) mass is 329 g/mol. The molecular weight excluding hydrogens is 310 g/mol. The second-order valence-electron chi connectivity index (χ2n) is 6.72. The van der Waals surface area contributed by atoms with Crippen molar-refractivity contribution in [3.8, 4) is 11.5 Å². The van der Waals surface area contributed by atoms with Crippen molar-refractivity contribution in [2.24, 2.45) is 0 Å². The number of pyridine rings is 1. The molecule has 2 aromatic carbocycles. The van der Waals surface area contributed by atoms with Crippen molar-refractivity contribution in [3.05, 3.63) is 71.4 Å². The number of phenolic OH excluding ortho intramolecular Hbond substituents is 1. The fourth-order valence-electron chi connectivity index (χ4n) is 2.95. The van der Waals surface area contributed by atoms with E-state index in [1.54, 1.807) is 12.1 Å². The molecule has 25 heavy (non-hydrogen) atoms. The van der Waals surface area contributed by atoms with Gasteiger partial charge in [-0.25, -0.2) is 4.98 Å². The summed E-state index contributed by atoms with van der Waals surface area (Å²) in [4.78, 5) is 4.80. The summed E-state index contributed by atoms with van der Waals surface area (Å²) in [5, 5.41) is 10.4. The zero-order valence-electron chi connectivity index (χ0n) is 14.2. The Kier molecular flexibility index (Phi) is 3.57. The fraction of sp³-hybridized carbons (Fsp3) is 0.136. The molecule has 0 fully saturated rings. The Labute approximate surface area is 146 Å². The van der Waals surface area contributed by atoms with Crippen molar-refractivity contribution in [2.75, 3.05) is 0 Å². The first kappa shape index (κ1) is 15.5. The first-order valence-corrected chi connectivity index (χ1v) is 8.30. The number of hydrogen-bond donors (Lipinski definition) is 1. The van der Waals surface area contributed by atoms with Crippen molar-refractivity contribution >= 4 is 29.1 Å². The van der Waals surface area contributed by atoms with Crippen LogP contribution >= 0.6 is 0 Å². The van der Waals surface area contributed by atoms with Gasteiger partial charge in [-0.3, -0.25) is 0 Å². The summed E-state index contributed by atoms with van der Waals surface area (Å²) in [6, 6.07) is 15.1. The number of benzene rings is 2. The van der Waals surface area contributed by atoms with E-state index in [1.165, 1.54) is 0 Å². The topological polar surface area (TPSA) is 42.4 Å². The third kappa shape index (κ3) is 3.01. The van der Waals surface area contributed by atoms with Crippen LogP contribution in [0.1, 0.15) is 30.7 Å². The SMILES string of the molecule is CC1(C)C=Cc2c(C=Cc3ccc(O)cc3)nc3ccccc3c2O1. The van der Waals surface area contributed by atoms with E-state index in [-0.39, 0.29) is 11.4 Å². The van der Waals surface area contributed by atoms with Gasteiger partial charge in [-0.2, -0.15) is 0 Å². The molecule has 3 heteroatoms. The van der Waals surface area contributed by atoms with Gasteiger partial charge >= 0.3 is 0 Å². The van der Waals surface area contributed by atoms with Crippen LogP contribution in [0.15, 0.2) is 54.6 Å². The molecule has 4 rings (SSSR count). The largest absolute Gasteiger partial charge is 0.508 e. The molecule has 0 saturated carbocycles. The summed E-state index contributed by atoms with van der Waals surface area (Å²) in [5.41, 5.74) is 3.44. The standard InChI is InChI=1S/C22H19NO2/c1-22(2)14-13-18-20(12-9-15-7-10-16(24)11-8-15)23-19-6-4-3-5-17(19)21(18)25-22/h3-14,24H,1-2H3. The van der Waals surface area contributed by atoms with Gasteiger partial charge in [0.25, 0.3) is 0 Å². The Hall–Kier alpha value is -3.07. The number of nitrogens with zero attached hydrogens (tertiary/aromatic N) is 1. The van der Waals surface area contributed by atoms with Crippen LogP contribution in [0.3, 0.4) is 0 Å². The Morgan fingerprint density at radius 1 is 1.00 bits per heavy atom. The smallest absolute Gasteiger partial charge is 0.139 e. The maximum absolute atomic E-state index is 9.41. The maximum atomic E-state index is 9.41. The van der Waals surface area contributed by atoms with E-state index < -0.39 is 0 Å². The van der Waals surface area contributed by atoms with E-state index >= 15 is 0 Å². The van der Waals surface area contributed by atoms with Gasteiger partial charge in [0.2, 0.25) is 0 Å². The summed E-state index contributed by atoms with van der Waals surface area (Å²) >= 11 is 0. The van der Waals surface area contributed by atoms with E-state index in [0.717, 1.165) is 33.5 Å². The summed E-state index contributed by atoms with van der Waals surface area (Å²) < 4.78 is 6.25. The number of ether oxygens (including phenoxy) is 1. The number of phenols is 1. The summed E-state index contributed by atoms with van der Waals surface area (Å²) in [6.45, 7) is 4.10. The molecule has 1 aromatic heterocycles. The summed E-state index contributed by atoms with van der Waals surface area (Å²) in [6.07, 6.45) is 8.13. The van der Waals surface area contributed by atoms with Crippen LogP contribution in [0.2, 0.25) is 0 Å². The lowest BCUT2D eigenvalue weighted by Gasteiger charge is -2.29. The molecule has 0 amide bonds. The van der Waals surface area contributed by atoms with Crippen molar-refractivity contribution in [2.45, 2.75) is 19.4 Å². The number of hydrogen-bond acceptors (Lipinski definition) is 3. The highest BCUT2D eigenvalue weighted by Crippen LogP contribution is 2.38. The minimum Gasteiger partial charge on any atom is -0.508 e. The first-order valence-electron chi connectivity index (χ1n) is 8.30. The maximum Gasteiger partial charge on any atom is 0.139 e. The van der Waals surface area contributed by atoms with Gasteiger partial charge in [0, 0.05) is 10.9 Å². The lowest BCUT2D eigenvalue weighted by atomic mass is 9.98. The van der Waals surface area contributed by atoms with Gasteiger partial charge in [-0.15, -0.1) is 0 Å². The first-order chi connectivity index (χ1) is 12.0. The predicted molar refractivity (Wildman–Crippen MR) is 103 cm³/mol. The van der Waals surface area contributed by atoms with Gasteiger partial charge in [-0.1, -0.05) is 30.3 Å². The summed E-state index contributed by atoms with van der Waals surface area (Å²) in [7, 11) is 0. The number of aromatic nitrogens is 1. The normalized spacial score (nSPS) is 15.3. The van der Waals surface area contributed by atoms with Gasteiger partial charge < -0.3 is 9.84 Å². The van der Waals surface area contributed by atoms with Gasteiger partial charge in [0.1, 0.15) is 17.1 Å². The predicted octanol–water partition coefficient (Wildman–Crippen LogP) is 5.30. The highest BCUT2D eigenvalue weighted by Gasteiger charge is 2.25. The van der Waals surface area contributed by atoms with Crippen LogP contribution in [0.4, 0.5) is 0 Å². The molecule has 0 aliphatic carbocycles. The van der Waals surface area contributed by atoms with Gasteiger partial charge in [0.05, 0.1) is 11.2 Å². The third-order valence-corrected chi connectivity index (χ3v) is 4.25. The molecule has 0 bridgehead atoms. The average molecular weight is 329 g/mol. The van der Waals surface area contributed by atoms with Crippen LogP contribution in [0.25, 0.3) is 29.1 Å². The van der Waals surface area contributed by atoms with E-state index in [0.29, 0.717) is 0 Å². The molecule has 0 radical (unpaired) electrons. The third-order valence-electron chi connectivity index (χ3n) is 4.25. The van der Waals surface area contributed by atoms with Crippen LogP contribution in [0, 0.1) is 0 Å². The van der Waals surface area contributed by atoms with E-state index in [4.69, 9.17) is 9.72 Å². The Bertz CT molecular complexity index is 998. The molecule has 0 unspecified atom stereocenters. The van der Waals surface area contributed by atoms with Crippen molar-refractivity contribution < 1.29 is 9.84 Å². The van der Waals surface area contributed by atoms with Crippen LogP contribution in [-0.4, -0.2) is 15.7 Å². The molecule has 3 aromatic rings. The van der Waals surface area contributed by atoms with Gasteiger partial charge in [-0.05, 0) is 61.9 Å².